The van der Waals surface area contributed by atoms with Crippen LogP contribution < -0.4 is 15.5 Å². The molecule has 0 aliphatic carbocycles. The molecule has 8 nitrogen and oxygen atoms in total. The van der Waals surface area contributed by atoms with Crippen LogP contribution in [0.3, 0.4) is 0 Å². The van der Waals surface area contributed by atoms with Gasteiger partial charge in [0.05, 0.1) is 6.61 Å². The lowest BCUT2D eigenvalue weighted by Gasteiger charge is -2.09. The number of hydrogen-bond acceptors (Lipinski definition) is 5. The fraction of sp³-hybridized carbons (Fsp3) is 0.500. The third-order valence-electron chi connectivity index (χ3n) is 3.60. The Morgan fingerprint density at radius 2 is 1.62 bits per heavy atom. The molecule has 0 saturated heterocycles. The smallest absolute Gasteiger partial charge is 0.303 e. The molecule has 0 aromatic heterocycles. The number of ether oxygens (including phenoxy) is 1. The molecular weight excluding hydrogens is 340 g/mol. The molecule has 144 valence electrons. The summed E-state index contributed by atoms with van der Waals surface area (Å²) in [5.41, 5.74) is 2.22. The molecule has 4 N–H and O–H groups in total. The van der Waals surface area contributed by atoms with Crippen molar-refractivity contribution in [2.75, 3.05) is 11.9 Å². The zero-order chi connectivity index (χ0) is 19.2. The lowest BCUT2D eigenvalue weighted by molar-refractivity contribution is -0.137. The normalized spacial score (nSPS) is 10.2. The summed E-state index contributed by atoms with van der Waals surface area (Å²) in [6, 6.07) is 6.97. The Kier molecular flexibility index (Phi) is 10.5. The van der Waals surface area contributed by atoms with E-state index in [4.69, 9.17) is 15.1 Å². The predicted octanol–water partition coefficient (Wildman–Crippen LogP) is 2.71. The highest BCUT2D eigenvalue weighted by molar-refractivity contribution is 5.90. The van der Waals surface area contributed by atoms with E-state index in [1.54, 1.807) is 29.7 Å². The van der Waals surface area contributed by atoms with Gasteiger partial charge in [-0.1, -0.05) is 18.9 Å². The van der Waals surface area contributed by atoms with E-state index in [1.165, 1.54) is 0 Å². The second-order valence-electron chi connectivity index (χ2n) is 5.87. The number of nitrogens with one attached hydrogen (secondary N) is 2. The van der Waals surface area contributed by atoms with Gasteiger partial charge in [0, 0.05) is 31.0 Å². The lowest BCUT2D eigenvalue weighted by atomic mass is 10.1. The highest BCUT2D eigenvalue weighted by Gasteiger charge is 2.05. The standard InChI is InChI=1S/C18H26N2O6/c21-16(9-3-1-2-4-10-17(22)20-25)19-14-7-5-8-15(13-14)26-12-6-11-18(23)24/h5,7-8,13,25H,1-4,6,9-12H2,(H,19,21)(H,20,22)(H,23,24). The number of carbonyl (C=O) groups excluding carboxylic acids is 2. The molecule has 0 fully saturated rings. The summed E-state index contributed by atoms with van der Waals surface area (Å²) in [7, 11) is 0. The first-order chi connectivity index (χ1) is 12.5. The number of anilines is 1. The Hall–Kier alpha value is -2.61. The summed E-state index contributed by atoms with van der Waals surface area (Å²) < 4.78 is 5.47. The van der Waals surface area contributed by atoms with Gasteiger partial charge in [-0.15, -0.1) is 0 Å². The van der Waals surface area contributed by atoms with Gasteiger partial charge in [-0.05, 0) is 31.4 Å². The van der Waals surface area contributed by atoms with E-state index in [0.717, 1.165) is 19.3 Å². The van der Waals surface area contributed by atoms with Gasteiger partial charge in [0.1, 0.15) is 5.75 Å². The Bertz CT molecular complexity index is 591. The topological polar surface area (TPSA) is 125 Å². The van der Waals surface area contributed by atoms with Crippen LogP contribution in [0.25, 0.3) is 0 Å². The van der Waals surface area contributed by atoms with E-state index in [2.05, 4.69) is 5.32 Å². The molecule has 0 aliphatic heterocycles. The first kappa shape index (κ1) is 21.4. The monoisotopic (exact) mass is 366 g/mol. The maximum Gasteiger partial charge on any atom is 0.303 e. The number of rotatable bonds is 13. The van der Waals surface area contributed by atoms with Crippen molar-refractivity contribution in [3.05, 3.63) is 24.3 Å². The number of benzene rings is 1. The maximum atomic E-state index is 11.9. The number of amides is 2. The Balaban J connectivity index is 2.22. The van der Waals surface area contributed by atoms with Crippen LogP contribution in [0.1, 0.15) is 51.4 Å². The van der Waals surface area contributed by atoms with Crippen molar-refractivity contribution in [1.29, 1.82) is 0 Å². The minimum atomic E-state index is -0.855. The zero-order valence-electron chi connectivity index (χ0n) is 14.7. The van der Waals surface area contributed by atoms with Crippen molar-refractivity contribution in [2.45, 2.75) is 51.4 Å². The van der Waals surface area contributed by atoms with Crippen molar-refractivity contribution in [3.8, 4) is 5.75 Å². The van der Waals surface area contributed by atoms with Crippen molar-refractivity contribution in [1.82, 2.24) is 5.48 Å². The van der Waals surface area contributed by atoms with Gasteiger partial charge >= 0.3 is 5.97 Å². The van der Waals surface area contributed by atoms with Gasteiger partial charge in [0.2, 0.25) is 11.8 Å². The Labute approximate surface area is 152 Å². The van der Waals surface area contributed by atoms with Gasteiger partial charge in [-0.2, -0.15) is 0 Å². The second-order valence-corrected chi connectivity index (χ2v) is 5.87. The van der Waals surface area contributed by atoms with Gasteiger partial charge in [-0.25, -0.2) is 5.48 Å². The lowest BCUT2D eigenvalue weighted by Crippen LogP contribution is -2.17. The van der Waals surface area contributed by atoms with Crippen LogP contribution >= 0.6 is 0 Å². The minimum Gasteiger partial charge on any atom is -0.494 e. The second kappa shape index (κ2) is 12.7. The number of carboxylic acids is 1. The third kappa shape index (κ3) is 10.3. The van der Waals surface area contributed by atoms with E-state index in [9.17, 15) is 14.4 Å². The number of aliphatic carboxylic acids is 1. The molecule has 0 atom stereocenters. The van der Waals surface area contributed by atoms with Gasteiger partial charge in [0.15, 0.2) is 0 Å². The SMILES string of the molecule is O=C(O)CCCOc1cccc(NC(=O)CCCCCCC(=O)NO)c1. The molecule has 0 aliphatic rings. The van der Waals surface area contributed by atoms with Crippen LogP contribution in [0.4, 0.5) is 5.69 Å². The molecule has 0 spiro atoms. The minimum absolute atomic E-state index is 0.0566. The van der Waals surface area contributed by atoms with Gasteiger partial charge < -0.3 is 15.2 Å². The molecule has 1 rings (SSSR count). The summed E-state index contributed by atoms with van der Waals surface area (Å²) in [6.45, 7) is 0.304. The fourth-order valence-corrected chi connectivity index (χ4v) is 2.28. The van der Waals surface area contributed by atoms with Crippen molar-refractivity contribution in [2.24, 2.45) is 0 Å². The number of hydroxylamine groups is 1. The third-order valence-corrected chi connectivity index (χ3v) is 3.60. The highest BCUT2D eigenvalue weighted by Crippen LogP contribution is 2.18. The fourth-order valence-electron chi connectivity index (χ4n) is 2.28. The quantitative estimate of drug-likeness (QED) is 0.242. The number of unbranched alkanes of at least 4 members (excludes halogenated alkanes) is 3. The number of hydrogen-bond donors (Lipinski definition) is 4. The summed E-state index contributed by atoms with van der Waals surface area (Å²) in [4.78, 5) is 33.2. The number of carboxylic acid groups (broad SMARTS) is 1. The van der Waals surface area contributed by atoms with E-state index < -0.39 is 11.9 Å². The van der Waals surface area contributed by atoms with Crippen molar-refractivity contribution < 1.29 is 29.4 Å². The summed E-state index contributed by atoms with van der Waals surface area (Å²) >= 11 is 0. The van der Waals surface area contributed by atoms with Crippen molar-refractivity contribution >= 4 is 23.5 Å². The first-order valence-corrected chi connectivity index (χ1v) is 8.68. The molecule has 0 bridgehead atoms. The molecule has 0 radical (unpaired) electrons. The maximum absolute atomic E-state index is 11.9. The average molecular weight is 366 g/mol. The summed E-state index contributed by atoms with van der Waals surface area (Å²) in [5.74, 6) is -0.768. The van der Waals surface area contributed by atoms with Crippen LogP contribution in [0, 0.1) is 0 Å². The largest absolute Gasteiger partial charge is 0.494 e. The molecule has 2 amide bonds. The van der Waals surface area contributed by atoms with E-state index in [0.29, 0.717) is 37.3 Å². The van der Waals surface area contributed by atoms with Gasteiger partial charge in [0.25, 0.3) is 0 Å². The van der Waals surface area contributed by atoms with E-state index >= 15 is 0 Å². The average Bonchev–Trinajstić information content (AvgIpc) is 2.61. The van der Waals surface area contributed by atoms with E-state index in [-0.39, 0.29) is 18.7 Å². The Morgan fingerprint density at radius 1 is 0.923 bits per heavy atom. The van der Waals surface area contributed by atoms with Crippen molar-refractivity contribution in [3.63, 3.8) is 0 Å². The molecule has 1 aromatic carbocycles. The molecule has 1 aromatic rings. The van der Waals surface area contributed by atoms with Crippen LogP contribution in [-0.2, 0) is 14.4 Å². The molecule has 8 heteroatoms. The summed E-state index contributed by atoms with van der Waals surface area (Å²) in [6.07, 6.45) is 4.19. The van der Waals surface area contributed by atoms with Crippen LogP contribution in [-0.4, -0.2) is 34.7 Å². The molecule has 0 unspecified atom stereocenters. The molecular formula is C18H26N2O6. The van der Waals surface area contributed by atoms with E-state index in [1.807, 2.05) is 0 Å². The number of carbonyl (C=O) groups is 3. The summed E-state index contributed by atoms with van der Waals surface area (Å²) in [5, 5.41) is 19.7. The van der Waals surface area contributed by atoms with Gasteiger partial charge in [-0.3, -0.25) is 19.6 Å². The highest BCUT2D eigenvalue weighted by atomic mass is 16.5. The van der Waals surface area contributed by atoms with Crippen LogP contribution in [0.2, 0.25) is 0 Å². The first-order valence-electron chi connectivity index (χ1n) is 8.68. The molecule has 26 heavy (non-hydrogen) atoms. The predicted molar refractivity (Wildman–Crippen MR) is 95.1 cm³/mol. The van der Waals surface area contributed by atoms with Crippen LogP contribution in [0.15, 0.2) is 24.3 Å². The zero-order valence-corrected chi connectivity index (χ0v) is 14.7. The van der Waals surface area contributed by atoms with Crippen LogP contribution in [0.5, 0.6) is 5.75 Å². The molecule has 0 saturated carbocycles. The Morgan fingerprint density at radius 3 is 2.27 bits per heavy atom. The molecule has 0 heterocycles.